The van der Waals surface area contributed by atoms with Crippen molar-refractivity contribution in [2.24, 2.45) is 0 Å². The van der Waals surface area contributed by atoms with E-state index in [1.54, 1.807) is 0 Å². The molecule has 0 bridgehead atoms. The molecule has 0 saturated carbocycles. The summed E-state index contributed by atoms with van der Waals surface area (Å²) >= 11 is 0. The predicted octanol–water partition coefficient (Wildman–Crippen LogP) is 13.8. The van der Waals surface area contributed by atoms with Crippen molar-refractivity contribution >= 4 is 5.97 Å². The zero-order valence-corrected chi connectivity index (χ0v) is 32.7. The van der Waals surface area contributed by atoms with Gasteiger partial charge in [0.25, 0.3) is 0 Å². The molecular weight excluding hydrogens is 612 g/mol. The zero-order valence-electron chi connectivity index (χ0n) is 32.7. The maximum absolute atomic E-state index is 12.7. The number of hydrogen-bond donors (Lipinski definition) is 2. The van der Waals surface area contributed by atoms with Crippen molar-refractivity contribution < 1.29 is 29.2 Å². The molecule has 0 aliphatic heterocycles. The summed E-state index contributed by atoms with van der Waals surface area (Å²) in [7, 11) is 0. The molecule has 0 spiro atoms. The van der Waals surface area contributed by atoms with E-state index in [1.807, 2.05) is 0 Å². The Morgan fingerprint density at radius 3 is 1.10 bits per heavy atom. The molecule has 1 aromatic carbocycles. The topological polar surface area (TPSA) is 85.2 Å². The molecule has 6 heteroatoms. The van der Waals surface area contributed by atoms with Gasteiger partial charge in [0.1, 0.15) is 0 Å². The van der Waals surface area contributed by atoms with Crippen LogP contribution in [-0.4, -0.2) is 36.0 Å². The van der Waals surface area contributed by atoms with Crippen molar-refractivity contribution in [2.45, 2.75) is 214 Å². The van der Waals surface area contributed by atoms with Crippen LogP contribution >= 0.6 is 0 Å². The van der Waals surface area contributed by atoms with Crippen molar-refractivity contribution in [1.82, 2.24) is 0 Å². The highest BCUT2D eigenvalue weighted by molar-refractivity contribution is 5.97. The lowest BCUT2D eigenvalue weighted by Crippen LogP contribution is -2.13. The summed E-state index contributed by atoms with van der Waals surface area (Å²) in [5.74, 6) is -0.584. The van der Waals surface area contributed by atoms with Gasteiger partial charge in [0.05, 0.1) is 19.8 Å². The van der Waals surface area contributed by atoms with Gasteiger partial charge >= 0.3 is 5.97 Å². The first kappa shape index (κ1) is 44.9. The van der Waals surface area contributed by atoms with Crippen LogP contribution in [0.25, 0.3) is 0 Å². The molecule has 0 aromatic heterocycles. The summed E-state index contributed by atoms with van der Waals surface area (Å²) in [4.78, 5) is 12.7. The van der Waals surface area contributed by atoms with Gasteiger partial charge in [0.2, 0.25) is 0 Å². The van der Waals surface area contributed by atoms with E-state index < -0.39 is 5.97 Å². The van der Waals surface area contributed by atoms with E-state index in [0.717, 1.165) is 63.4 Å². The summed E-state index contributed by atoms with van der Waals surface area (Å²) in [5.41, 5.74) is 0.548. The Labute approximate surface area is 302 Å². The average molecular weight is 691 g/mol. The highest BCUT2D eigenvalue weighted by Crippen LogP contribution is 2.49. The number of rotatable bonds is 36. The quantitative estimate of drug-likeness (QED) is 0.0682. The van der Waals surface area contributed by atoms with Crippen molar-refractivity contribution in [1.29, 1.82) is 0 Å². The van der Waals surface area contributed by atoms with Gasteiger partial charge in [-0.3, -0.25) is 0 Å². The zero-order chi connectivity index (χ0) is 35.8. The van der Waals surface area contributed by atoms with E-state index in [4.69, 9.17) is 14.2 Å². The second-order valence-corrected chi connectivity index (χ2v) is 14.3. The van der Waals surface area contributed by atoms with E-state index in [0.29, 0.717) is 32.0 Å². The van der Waals surface area contributed by atoms with E-state index in [-0.39, 0.29) is 22.8 Å². The minimum atomic E-state index is -1.21. The Kier molecular flexibility index (Phi) is 29.2. The molecule has 0 fully saturated rings. The maximum Gasteiger partial charge on any atom is 0.343 e. The highest BCUT2D eigenvalue weighted by Gasteiger charge is 2.31. The fraction of sp³-hybridized carbons (Fsp3) is 0.837. The molecule has 286 valence electrons. The van der Waals surface area contributed by atoms with Gasteiger partial charge in [-0.25, -0.2) is 4.79 Å². The summed E-state index contributed by atoms with van der Waals surface area (Å²) < 4.78 is 19.1. The van der Waals surface area contributed by atoms with Crippen molar-refractivity contribution in [3.05, 3.63) is 11.1 Å². The molecule has 1 rings (SSSR count). The summed E-state index contributed by atoms with van der Waals surface area (Å²) in [6, 6.07) is 0. The van der Waals surface area contributed by atoms with Crippen LogP contribution < -0.4 is 14.2 Å². The third-order valence-electron chi connectivity index (χ3n) is 9.66. The van der Waals surface area contributed by atoms with Crippen LogP contribution in [0.15, 0.2) is 0 Å². The standard InChI is InChI=1S/C43H78O6/c1-5-9-13-17-21-25-29-33-37-40(47-34-30-26-22-18-14-10-6-2)39(44)38(43(45)46)42(49-36-32-28-24-20-16-12-8-4)41(37)48-35-31-27-23-19-15-11-7-3/h44H,5-36H2,1-4H3,(H,45,46). The lowest BCUT2D eigenvalue weighted by Gasteiger charge is -2.23. The third kappa shape index (κ3) is 21.0. The highest BCUT2D eigenvalue weighted by atomic mass is 16.5. The first-order chi connectivity index (χ1) is 24.0. The number of aromatic hydroxyl groups is 1. The van der Waals surface area contributed by atoms with Crippen LogP contribution in [0, 0.1) is 0 Å². The average Bonchev–Trinajstić information content (AvgIpc) is 3.09. The van der Waals surface area contributed by atoms with E-state index in [1.165, 1.54) is 122 Å². The Hall–Kier alpha value is -2.11. The van der Waals surface area contributed by atoms with Gasteiger partial charge in [-0.2, -0.15) is 0 Å². The van der Waals surface area contributed by atoms with Gasteiger partial charge in [-0.15, -0.1) is 0 Å². The number of benzene rings is 1. The summed E-state index contributed by atoms with van der Waals surface area (Å²) in [6.45, 7) is 10.3. The Morgan fingerprint density at radius 2 is 0.735 bits per heavy atom. The molecule has 1 aromatic rings. The van der Waals surface area contributed by atoms with Gasteiger partial charge in [0, 0.05) is 5.56 Å². The molecule has 2 N–H and O–H groups in total. The van der Waals surface area contributed by atoms with Crippen LogP contribution in [0.2, 0.25) is 0 Å². The van der Waals surface area contributed by atoms with Gasteiger partial charge < -0.3 is 24.4 Å². The minimum absolute atomic E-state index is 0.181. The Balaban J connectivity index is 3.24. The van der Waals surface area contributed by atoms with Gasteiger partial charge in [-0.1, -0.05) is 182 Å². The molecule has 0 aliphatic rings. The molecule has 0 aliphatic carbocycles. The number of carbonyl (C=O) groups is 1. The second kappa shape index (κ2) is 31.8. The number of unbranched alkanes of at least 4 members (excludes halogenated alkanes) is 24. The molecule has 0 atom stereocenters. The van der Waals surface area contributed by atoms with Gasteiger partial charge in [-0.05, 0) is 32.1 Å². The minimum Gasteiger partial charge on any atom is -0.504 e. The number of ether oxygens (including phenoxy) is 3. The maximum atomic E-state index is 12.7. The fourth-order valence-corrected chi connectivity index (χ4v) is 6.55. The van der Waals surface area contributed by atoms with Crippen LogP contribution in [-0.2, 0) is 6.42 Å². The van der Waals surface area contributed by atoms with E-state index >= 15 is 0 Å². The second-order valence-electron chi connectivity index (χ2n) is 14.3. The summed E-state index contributed by atoms with van der Waals surface area (Å²) in [6.07, 6.45) is 33.1. The van der Waals surface area contributed by atoms with Crippen molar-refractivity contribution in [3.8, 4) is 23.0 Å². The van der Waals surface area contributed by atoms with Crippen LogP contribution in [0.3, 0.4) is 0 Å². The Bertz CT molecular complexity index is 930. The first-order valence-electron chi connectivity index (χ1n) is 21.1. The third-order valence-corrected chi connectivity index (χ3v) is 9.66. The number of hydrogen-bond acceptors (Lipinski definition) is 5. The monoisotopic (exact) mass is 691 g/mol. The number of aromatic carboxylic acids is 1. The molecule has 0 heterocycles. The van der Waals surface area contributed by atoms with Crippen LogP contribution in [0.4, 0.5) is 0 Å². The normalized spacial score (nSPS) is 11.3. The molecule has 0 unspecified atom stereocenters. The molecule has 0 radical (unpaired) electrons. The van der Waals surface area contributed by atoms with Crippen LogP contribution in [0.5, 0.6) is 23.0 Å². The van der Waals surface area contributed by atoms with Gasteiger partial charge in [0.15, 0.2) is 28.6 Å². The summed E-state index contributed by atoms with van der Waals surface area (Å²) in [5, 5.41) is 21.9. The molecular formula is C43H78O6. The number of carboxylic acid groups (broad SMARTS) is 1. The number of phenols is 1. The van der Waals surface area contributed by atoms with Crippen LogP contribution in [0.1, 0.15) is 223 Å². The molecule has 0 saturated heterocycles. The van der Waals surface area contributed by atoms with Crippen molar-refractivity contribution in [3.63, 3.8) is 0 Å². The first-order valence-corrected chi connectivity index (χ1v) is 21.1. The molecule has 6 nitrogen and oxygen atoms in total. The molecule has 0 amide bonds. The predicted molar refractivity (Wildman–Crippen MR) is 207 cm³/mol. The smallest absolute Gasteiger partial charge is 0.343 e. The van der Waals surface area contributed by atoms with E-state index in [2.05, 4.69) is 27.7 Å². The lowest BCUT2D eigenvalue weighted by atomic mass is 9.99. The lowest BCUT2D eigenvalue weighted by molar-refractivity contribution is 0.0686. The van der Waals surface area contributed by atoms with Crippen molar-refractivity contribution in [2.75, 3.05) is 19.8 Å². The SMILES string of the molecule is CCCCCCCCCOc1c(O)c(C(=O)O)c(OCCCCCCCCC)c(OCCCCCCCCC)c1CCCCCCCCC. The Morgan fingerprint density at radius 1 is 0.429 bits per heavy atom. The largest absolute Gasteiger partial charge is 0.504 e. The van der Waals surface area contributed by atoms with E-state index in [9.17, 15) is 15.0 Å². The fourth-order valence-electron chi connectivity index (χ4n) is 6.55. The number of carboxylic acids is 1. The molecule has 49 heavy (non-hydrogen) atoms.